The van der Waals surface area contributed by atoms with E-state index < -0.39 is 123 Å². The van der Waals surface area contributed by atoms with Crippen LogP contribution in [0.5, 0.6) is 17.2 Å². The number of aliphatic hydroxyl groups is 10. The predicted molar refractivity (Wildman–Crippen MR) is 173 cm³/mol. The molecule has 15 unspecified atom stereocenters. The number of phenolic OH excluding ortho intramolecular Hbond substituents is 1. The van der Waals surface area contributed by atoms with E-state index in [2.05, 4.69) is 0 Å². The van der Waals surface area contributed by atoms with E-state index >= 15 is 0 Å². The second-order valence-electron chi connectivity index (χ2n) is 13.0. The summed E-state index contributed by atoms with van der Waals surface area (Å²) in [5.41, 5.74) is -0.466. The molecular formula is C33H42O20. The molecule has 1 aromatic heterocycles. The van der Waals surface area contributed by atoms with Gasteiger partial charge in [-0.1, -0.05) is 0 Å². The smallest absolute Gasteiger partial charge is 0.229 e. The van der Waals surface area contributed by atoms with Gasteiger partial charge >= 0.3 is 0 Å². The Hall–Kier alpha value is -3.29. The predicted octanol–water partition coefficient (Wildman–Crippen LogP) is -4.20. The van der Waals surface area contributed by atoms with Gasteiger partial charge in [0.2, 0.25) is 6.29 Å². The van der Waals surface area contributed by atoms with E-state index in [1.807, 2.05) is 0 Å². The number of hydrogen-bond acceptors (Lipinski definition) is 20. The van der Waals surface area contributed by atoms with Crippen molar-refractivity contribution in [1.29, 1.82) is 0 Å². The Morgan fingerprint density at radius 1 is 0.679 bits per heavy atom. The maximum Gasteiger partial charge on any atom is 0.229 e. The number of rotatable bonds is 10. The third-order valence-corrected chi connectivity index (χ3v) is 9.50. The lowest BCUT2D eigenvalue weighted by Crippen LogP contribution is -2.65. The van der Waals surface area contributed by atoms with Crippen molar-refractivity contribution in [2.24, 2.45) is 0 Å². The van der Waals surface area contributed by atoms with Crippen LogP contribution in [0.2, 0.25) is 0 Å². The summed E-state index contributed by atoms with van der Waals surface area (Å²) in [5, 5.41) is 116. The average Bonchev–Trinajstić information content (AvgIpc) is 3.12. The molecule has 0 aliphatic carbocycles. The molecule has 2 aromatic carbocycles. The molecule has 3 aliphatic heterocycles. The Morgan fingerprint density at radius 3 is 1.94 bits per heavy atom. The van der Waals surface area contributed by atoms with Gasteiger partial charge in [0.05, 0.1) is 32.3 Å². The fourth-order valence-corrected chi connectivity index (χ4v) is 6.57. The van der Waals surface area contributed by atoms with Crippen LogP contribution in [0.15, 0.2) is 33.5 Å². The van der Waals surface area contributed by atoms with Gasteiger partial charge in [-0.25, -0.2) is 0 Å². The standard InChI is InChI=1S/C33H42O20/c1-10-3-13(36)20-14(48-10)5-11-4-12(46-2)6-15(19(11)24(20)40)49-32-27(43)26(42)22(38)18(52-32)9-47-31-29(45)30(23(39)17(8-35)50-31)53-33-28(44)25(41)21(37)16(7-34)51-33/h3-6,16-18,21-23,25-35,37-45H,7-9H2,1-2H3. The van der Waals surface area contributed by atoms with Gasteiger partial charge in [0.1, 0.15) is 107 Å². The summed E-state index contributed by atoms with van der Waals surface area (Å²) in [6, 6.07) is 5.51. The zero-order valence-electron chi connectivity index (χ0n) is 28.2. The van der Waals surface area contributed by atoms with Gasteiger partial charge in [-0.2, -0.15) is 0 Å². The van der Waals surface area contributed by atoms with Crippen molar-refractivity contribution in [3.8, 4) is 17.2 Å². The molecule has 3 aromatic rings. The fourth-order valence-electron chi connectivity index (χ4n) is 6.57. The third-order valence-electron chi connectivity index (χ3n) is 9.50. The van der Waals surface area contributed by atoms with Gasteiger partial charge in [0.15, 0.2) is 18.0 Å². The highest BCUT2D eigenvalue weighted by molar-refractivity contribution is 6.06. The van der Waals surface area contributed by atoms with Gasteiger partial charge < -0.3 is 93.7 Å². The Kier molecular flexibility index (Phi) is 11.8. The maximum absolute atomic E-state index is 12.8. The van der Waals surface area contributed by atoms with Crippen molar-refractivity contribution in [2.75, 3.05) is 26.9 Å². The first-order valence-electron chi connectivity index (χ1n) is 16.5. The topological polar surface area (TPSA) is 317 Å². The number of ether oxygens (including phenoxy) is 7. The second-order valence-corrected chi connectivity index (χ2v) is 13.0. The number of aryl methyl sites for hydroxylation is 1. The zero-order chi connectivity index (χ0) is 38.5. The maximum atomic E-state index is 12.8. The van der Waals surface area contributed by atoms with Gasteiger partial charge in [-0.05, 0) is 24.4 Å². The van der Waals surface area contributed by atoms with Gasteiger partial charge in [0.25, 0.3) is 0 Å². The Labute approximate surface area is 299 Å². The van der Waals surface area contributed by atoms with E-state index in [1.165, 1.54) is 31.4 Å². The molecule has 0 saturated carbocycles. The third kappa shape index (κ3) is 7.42. The fraction of sp³-hybridized carbons (Fsp3) is 0.606. The van der Waals surface area contributed by atoms with E-state index in [0.717, 1.165) is 0 Å². The quantitative estimate of drug-likeness (QED) is 0.0873. The molecule has 11 N–H and O–H groups in total. The van der Waals surface area contributed by atoms with Crippen molar-refractivity contribution < 1.29 is 93.7 Å². The van der Waals surface area contributed by atoms with Gasteiger partial charge in [-0.3, -0.25) is 4.79 Å². The minimum Gasteiger partial charge on any atom is -0.506 e. The van der Waals surface area contributed by atoms with Crippen LogP contribution in [0.25, 0.3) is 21.7 Å². The van der Waals surface area contributed by atoms with Gasteiger partial charge in [-0.15, -0.1) is 0 Å². The van der Waals surface area contributed by atoms with Crippen LogP contribution >= 0.6 is 0 Å². The molecule has 20 nitrogen and oxygen atoms in total. The molecule has 0 bridgehead atoms. The molecule has 3 fully saturated rings. The average molecular weight is 759 g/mol. The monoisotopic (exact) mass is 758 g/mol. The largest absolute Gasteiger partial charge is 0.506 e. The highest BCUT2D eigenvalue weighted by Gasteiger charge is 2.52. The van der Waals surface area contributed by atoms with Crippen LogP contribution in [0.3, 0.4) is 0 Å². The number of phenols is 1. The van der Waals surface area contributed by atoms with E-state index in [4.69, 9.17) is 37.6 Å². The molecule has 4 heterocycles. The minimum atomic E-state index is -1.91. The van der Waals surface area contributed by atoms with E-state index in [9.17, 15) is 61.0 Å². The van der Waals surface area contributed by atoms with E-state index in [1.54, 1.807) is 6.92 Å². The molecule has 0 radical (unpaired) electrons. The second kappa shape index (κ2) is 15.8. The summed E-state index contributed by atoms with van der Waals surface area (Å²) in [6.45, 7) is -0.741. The molecule has 0 amide bonds. The lowest BCUT2D eigenvalue weighted by molar-refractivity contribution is -0.364. The first-order chi connectivity index (χ1) is 25.2. The SMILES string of the molecule is COc1cc(OC2OC(COC3OC(CO)C(O)C(OC4OC(CO)C(O)C(O)C4O)C3O)C(O)C(O)C2O)c2c(O)c3c(=O)cc(C)oc3cc2c1. The summed E-state index contributed by atoms with van der Waals surface area (Å²) < 4.78 is 44.7. The van der Waals surface area contributed by atoms with Crippen molar-refractivity contribution in [3.05, 3.63) is 40.2 Å². The molecule has 6 rings (SSSR count). The van der Waals surface area contributed by atoms with Crippen molar-refractivity contribution in [1.82, 2.24) is 0 Å². The van der Waals surface area contributed by atoms with Crippen LogP contribution < -0.4 is 14.9 Å². The summed E-state index contributed by atoms with van der Waals surface area (Å²) in [5.74, 6) is -0.160. The highest BCUT2D eigenvalue weighted by Crippen LogP contribution is 2.42. The molecule has 53 heavy (non-hydrogen) atoms. The first kappa shape index (κ1) is 39.4. The first-order valence-corrected chi connectivity index (χ1v) is 16.5. The summed E-state index contributed by atoms with van der Waals surface area (Å²) in [4.78, 5) is 12.8. The molecule has 0 spiro atoms. The van der Waals surface area contributed by atoms with Crippen LogP contribution in [0.1, 0.15) is 5.76 Å². The van der Waals surface area contributed by atoms with Crippen LogP contribution in [-0.4, -0.2) is 175 Å². The lowest BCUT2D eigenvalue weighted by Gasteiger charge is -2.46. The highest BCUT2D eigenvalue weighted by atomic mass is 16.7. The number of hydrogen-bond donors (Lipinski definition) is 11. The van der Waals surface area contributed by atoms with Crippen LogP contribution in [-0.2, 0) is 23.7 Å². The number of aliphatic hydroxyl groups excluding tert-OH is 10. The lowest BCUT2D eigenvalue weighted by atomic mass is 9.97. The summed E-state index contributed by atoms with van der Waals surface area (Å²) in [7, 11) is 1.36. The minimum absolute atomic E-state index is 0.00330. The van der Waals surface area contributed by atoms with E-state index in [0.29, 0.717) is 11.1 Å². The van der Waals surface area contributed by atoms with Crippen LogP contribution in [0.4, 0.5) is 0 Å². The molecular weight excluding hydrogens is 716 g/mol. The Balaban J connectivity index is 1.22. The Morgan fingerprint density at radius 2 is 1.28 bits per heavy atom. The molecule has 294 valence electrons. The zero-order valence-corrected chi connectivity index (χ0v) is 28.2. The number of methoxy groups -OCH3 is 1. The molecule has 3 aliphatic rings. The summed E-state index contributed by atoms with van der Waals surface area (Å²) >= 11 is 0. The van der Waals surface area contributed by atoms with E-state index in [-0.39, 0.29) is 27.9 Å². The normalized spacial score (nSPS) is 37.9. The van der Waals surface area contributed by atoms with Crippen molar-refractivity contribution >= 4 is 21.7 Å². The van der Waals surface area contributed by atoms with Crippen molar-refractivity contribution in [3.63, 3.8) is 0 Å². The summed E-state index contributed by atoms with van der Waals surface area (Å²) in [6.07, 6.45) is -26.1. The van der Waals surface area contributed by atoms with Gasteiger partial charge in [0, 0.05) is 12.1 Å². The molecule has 20 heteroatoms. The van der Waals surface area contributed by atoms with Crippen molar-refractivity contribution in [2.45, 2.75) is 99.0 Å². The number of fused-ring (bicyclic) bond motifs is 2. The molecule has 15 atom stereocenters. The number of aromatic hydroxyl groups is 1. The number of benzene rings is 2. The molecule has 3 saturated heterocycles. The van der Waals surface area contributed by atoms with Crippen LogP contribution in [0, 0.1) is 6.92 Å². The Bertz CT molecular complexity index is 1800.